The van der Waals surface area contributed by atoms with E-state index in [0.717, 1.165) is 32.5 Å². The highest BCUT2D eigenvalue weighted by Crippen LogP contribution is 2.19. The third-order valence-electron chi connectivity index (χ3n) is 3.57. The summed E-state index contributed by atoms with van der Waals surface area (Å²) in [5.74, 6) is 0.696. The number of nitrogens with one attached hydrogen (secondary N) is 1. The number of rotatable bonds is 5. The first kappa shape index (κ1) is 14.5. The van der Waals surface area contributed by atoms with E-state index in [1.807, 2.05) is 0 Å². The molecule has 3 nitrogen and oxygen atoms in total. The fraction of sp³-hybridized carbons (Fsp3) is 0.625. The first-order valence-electron chi connectivity index (χ1n) is 7.32. The third kappa shape index (κ3) is 4.60. The normalized spacial score (nSPS) is 21.6. The number of hydrogen-bond acceptors (Lipinski definition) is 3. The van der Waals surface area contributed by atoms with Gasteiger partial charge < -0.3 is 15.8 Å². The van der Waals surface area contributed by atoms with Gasteiger partial charge >= 0.3 is 0 Å². The van der Waals surface area contributed by atoms with Crippen LogP contribution < -0.4 is 11.1 Å². The lowest BCUT2D eigenvalue weighted by Crippen LogP contribution is -2.40. The Bertz CT molecular complexity index is 369. The summed E-state index contributed by atoms with van der Waals surface area (Å²) in [5, 5.41) is 3.34. The second kappa shape index (κ2) is 7.04. The van der Waals surface area contributed by atoms with Gasteiger partial charge in [0.05, 0.1) is 12.7 Å². The highest BCUT2D eigenvalue weighted by Gasteiger charge is 2.17. The molecule has 2 rings (SSSR count). The summed E-state index contributed by atoms with van der Waals surface area (Å²) in [7, 11) is 0. The van der Waals surface area contributed by atoms with Gasteiger partial charge in [-0.25, -0.2) is 0 Å². The van der Waals surface area contributed by atoms with Gasteiger partial charge in [-0.2, -0.15) is 0 Å². The van der Waals surface area contributed by atoms with Gasteiger partial charge in [0, 0.05) is 19.1 Å². The summed E-state index contributed by atoms with van der Waals surface area (Å²) >= 11 is 0. The Morgan fingerprint density at radius 1 is 1.32 bits per heavy atom. The third-order valence-corrected chi connectivity index (χ3v) is 3.57. The van der Waals surface area contributed by atoms with Crippen LogP contribution >= 0.6 is 0 Å². The lowest BCUT2D eigenvalue weighted by atomic mass is 9.97. The van der Waals surface area contributed by atoms with Gasteiger partial charge in [-0.3, -0.25) is 0 Å². The quantitative estimate of drug-likeness (QED) is 0.855. The van der Waals surface area contributed by atoms with Gasteiger partial charge in [-0.1, -0.05) is 38.1 Å². The van der Waals surface area contributed by atoms with E-state index < -0.39 is 0 Å². The molecule has 0 radical (unpaired) electrons. The molecule has 2 unspecified atom stereocenters. The van der Waals surface area contributed by atoms with Gasteiger partial charge in [0.15, 0.2) is 0 Å². The van der Waals surface area contributed by atoms with Gasteiger partial charge in [-0.15, -0.1) is 0 Å². The summed E-state index contributed by atoms with van der Waals surface area (Å²) in [6.07, 6.45) is 2.26. The molecule has 0 bridgehead atoms. The molecule has 1 fully saturated rings. The molecule has 1 heterocycles. The molecule has 106 valence electrons. The molecule has 0 amide bonds. The molecule has 1 aliphatic heterocycles. The monoisotopic (exact) mass is 262 g/mol. The van der Waals surface area contributed by atoms with E-state index in [1.54, 1.807) is 0 Å². The molecule has 0 aromatic heterocycles. The van der Waals surface area contributed by atoms with Crippen molar-refractivity contribution in [1.29, 1.82) is 0 Å². The Balaban J connectivity index is 1.89. The van der Waals surface area contributed by atoms with Crippen molar-refractivity contribution in [2.24, 2.45) is 11.7 Å². The number of hydrogen-bond donors (Lipinski definition) is 2. The summed E-state index contributed by atoms with van der Waals surface area (Å²) < 4.78 is 5.70. The summed E-state index contributed by atoms with van der Waals surface area (Å²) in [5.41, 5.74) is 8.87. The molecule has 1 aromatic rings. The van der Waals surface area contributed by atoms with Crippen molar-refractivity contribution in [1.82, 2.24) is 5.32 Å². The van der Waals surface area contributed by atoms with Crippen LogP contribution in [-0.2, 0) is 11.2 Å². The van der Waals surface area contributed by atoms with Gasteiger partial charge in [0.2, 0.25) is 0 Å². The van der Waals surface area contributed by atoms with Crippen LogP contribution in [0.25, 0.3) is 0 Å². The standard InChI is InChI=1S/C16H26N2O/c1-12(2)9-13-3-5-14(6-4-13)16(17)10-15-11-18-7-8-19-15/h3-6,12,15-16,18H,7-11,17H2,1-2H3. The number of morpholine rings is 1. The van der Waals surface area contributed by atoms with Crippen LogP contribution in [0.1, 0.15) is 37.4 Å². The van der Waals surface area contributed by atoms with Gasteiger partial charge in [0.25, 0.3) is 0 Å². The van der Waals surface area contributed by atoms with E-state index in [1.165, 1.54) is 11.1 Å². The fourth-order valence-electron chi connectivity index (χ4n) is 2.56. The number of nitrogens with two attached hydrogens (primary N) is 1. The van der Waals surface area contributed by atoms with Crippen molar-refractivity contribution in [2.45, 2.75) is 38.8 Å². The summed E-state index contributed by atoms with van der Waals surface area (Å²) in [6.45, 7) is 7.15. The van der Waals surface area contributed by atoms with Crippen LogP contribution in [0, 0.1) is 5.92 Å². The molecule has 0 spiro atoms. The predicted octanol–water partition coefficient (Wildman–Crippen LogP) is 2.26. The Morgan fingerprint density at radius 2 is 2.05 bits per heavy atom. The summed E-state index contributed by atoms with van der Waals surface area (Å²) in [4.78, 5) is 0. The maximum Gasteiger partial charge on any atom is 0.0718 e. The fourth-order valence-corrected chi connectivity index (χ4v) is 2.56. The molecule has 0 saturated carbocycles. The molecule has 1 aliphatic rings. The molecule has 19 heavy (non-hydrogen) atoms. The Hall–Kier alpha value is -0.900. The second-order valence-electron chi connectivity index (χ2n) is 5.88. The van der Waals surface area contributed by atoms with Crippen LogP contribution in [0.15, 0.2) is 24.3 Å². The van der Waals surface area contributed by atoms with Crippen LogP contribution in [0.3, 0.4) is 0 Å². The highest BCUT2D eigenvalue weighted by molar-refractivity contribution is 5.25. The molecule has 3 N–H and O–H groups in total. The zero-order chi connectivity index (χ0) is 13.7. The second-order valence-corrected chi connectivity index (χ2v) is 5.88. The SMILES string of the molecule is CC(C)Cc1ccc(C(N)CC2CNCCO2)cc1. The predicted molar refractivity (Wildman–Crippen MR) is 79.1 cm³/mol. The average molecular weight is 262 g/mol. The first-order valence-corrected chi connectivity index (χ1v) is 7.32. The highest BCUT2D eigenvalue weighted by atomic mass is 16.5. The van der Waals surface area contributed by atoms with E-state index in [4.69, 9.17) is 10.5 Å². The van der Waals surface area contributed by atoms with Crippen LogP contribution in [-0.4, -0.2) is 25.8 Å². The zero-order valence-electron chi connectivity index (χ0n) is 12.1. The van der Waals surface area contributed by atoms with E-state index in [-0.39, 0.29) is 12.1 Å². The maximum atomic E-state index is 6.27. The Kier molecular flexibility index (Phi) is 5.37. The molecule has 3 heteroatoms. The van der Waals surface area contributed by atoms with Crippen molar-refractivity contribution in [3.05, 3.63) is 35.4 Å². The molecular formula is C16H26N2O. The lowest BCUT2D eigenvalue weighted by molar-refractivity contribution is 0.0195. The van der Waals surface area contributed by atoms with Gasteiger partial charge in [-0.05, 0) is 29.9 Å². The van der Waals surface area contributed by atoms with Crippen molar-refractivity contribution in [2.75, 3.05) is 19.7 Å². The van der Waals surface area contributed by atoms with Crippen molar-refractivity contribution < 1.29 is 4.74 Å². The molecule has 0 aliphatic carbocycles. The summed E-state index contributed by atoms with van der Waals surface area (Å²) in [6, 6.07) is 8.81. The van der Waals surface area contributed by atoms with Crippen molar-refractivity contribution in [3.63, 3.8) is 0 Å². The Morgan fingerprint density at radius 3 is 2.63 bits per heavy atom. The van der Waals surface area contributed by atoms with Crippen LogP contribution in [0.5, 0.6) is 0 Å². The topological polar surface area (TPSA) is 47.3 Å². The maximum absolute atomic E-state index is 6.27. The zero-order valence-corrected chi connectivity index (χ0v) is 12.1. The minimum atomic E-state index is 0.0676. The first-order chi connectivity index (χ1) is 9.15. The van der Waals surface area contributed by atoms with E-state index in [0.29, 0.717) is 5.92 Å². The van der Waals surface area contributed by atoms with Crippen LogP contribution in [0.4, 0.5) is 0 Å². The number of ether oxygens (including phenoxy) is 1. The molecule has 2 atom stereocenters. The van der Waals surface area contributed by atoms with E-state index in [9.17, 15) is 0 Å². The largest absolute Gasteiger partial charge is 0.376 e. The van der Waals surface area contributed by atoms with E-state index >= 15 is 0 Å². The van der Waals surface area contributed by atoms with E-state index in [2.05, 4.69) is 43.4 Å². The lowest BCUT2D eigenvalue weighted by Gasteiger charge is -2.26. The van der Waals surface area contributed by atoms with Crippen molar-refractivity contribution in [3.8, 4) is 0 Å². The molecule has 1 aromatic carbocycles. The Labute approximate surface area is 116 Å². The number of benzene rings is 1. The smallest absolute Gasteiger partial charge is 0.0718 e. The molecule has 1 saturated heterocycles. The minimum absolute atomic E-state index is 0.0676. The minimum Gasteiger partial charge on any atom is -0.376 e. The average Bonchev–Trinajstić information content (AvgIpc) is 2.40. The van der Waals surface area contributed by atoms with Crippen molar-refractivity contribution >= 4 is 0 Å². The van der Waals surface area contributed by atoms with Gasteiger partial charge in [0.1, 0.15) is 0 Å². The van der Waals surface area contributed by atoms with Crippen LogP contribution in [0.2, 0.25) is 0 Å². The molecular weight excluding hydrogens is 236 g/mol.